The van der Waals surface area contributed by atoms with Crippen molar-refractivity contribution >= 4 is 5.97 Å². The first-order valence-electron chi connectivity index (χ1n) is 5.80. The summed E-state index contributed by atoms with van der Waals surface area (Å²) in [5.41, 5.74) is 5.31. The van der Waals surface area contributed by atoms with E-state index in [1.54, 1.807) is 7.11 Å². The summed E-state index contributed by atoms with van der Waals surface area (Å²) in [5, 5.41) is 0. The average molecular weight is 265 g/mol. The number of ether oxygens (including phenoxy) is 5. The van der Waals surface area contributed by atoms with Gasteiger partial charge >= 0.3 is 5.97 Å². The number of carbonyl (C=O) groups is 1. The van der Waals surface area contributed by atoms with Crippen LogP contribution in [0, 0.1) is 0 Å². The molecule has 0 fully saturated rings. The average Bonchev–Trinajstić information content (AvgIpc) is 2.38. The summed E-state index contributed by atoms with van der Waals surface area (Å²) >= 11 is 0. The quantitative estimate of drug-likeness (QED) is 0.364. The Kier molecular flexibility index (Phi) is 12.2. The highest BCUT2D eigenvalue weighted by atomic mass is 16.6. The molecule has 0 saturated carbocycles. The molecule has 0 rings (SSSR count). The number of rotatable bonds is 12. The number of esters is 1. The minimum atomic E-state index is -0.706. The Morgan fingerprint density at radius 2 is 1.56 bits per heavy atom. The Labute approximate surface area is 107 Å². The molecule has 1 unspecified atom stereocenters. The van der Waals surface area contributed by atoms with E-state index in [9.17, 15) is 4.79 Å². The molecule has 0 aromatic rings. The number of hydrogen-bond donors (Lipinski definition) is 1. The van der Waals surface area contributed by atoms with E-state index in [0.717, 1.165) is 0 Å². The summed E-state index contributed by atoms with van der Waals surface area (Å²) in [6.07, 6.45) is -0.706. The molecule has 0 saturated heterocycles. The lowest BCUT2D eigenvalue weighted by Gasteiger charge is -2.12. The maximum Gasteiger partial charge on any atom is 0.336 e. The predicted molar refractivity (Wildman–Crippen MR) is 64.3 cm³/mol. The highest BCUT2D eigenvalue weighted by molar-refractivity contribution is 5.74. The molecular weight excluding hydrogens is 242 g/mol. The Morgan fingerprint density at radius 3 is 2.06 bits per heavy atom. The summed E-state index contributed by atoms with van der Waals surface area (Å²) in [6.45, 7) is 2.64. The summed E-state index contributed by atoms with van der Waals surface area (Å²) in [5.74, 6) is -0.472. The molecule has 2 N–H and O–H groups in total. The van der Waals surface area contributed by atoms with Crippen LogP contribution in [0.15, 0.2) is 0 Å². The monoisotopic (exact) mass is 265 g/mol. The zero-order valence-corrected chi connectivity index (χ0v) is 11.1. The van der Waals surface area contributed by atoms with E-state index in [1.807, 2.05) is 0 Å². The molecule has 7 nitrogen and oxygen atoms in total. The lowest BCUT2D eigenvalue weighted by atomic mass is 10.4. The predicted octanol–water partition coefficient (Wildman–Crippen LogP) is -0.817. The van der Waals surface area contributed by atoms with Crippen molar-refractivity contribution in [3.63, 3.8) is 0 Å². The van der Waals surface area contributed by atoms with Crippen molar-refractivity contribution < 1.29 is 28.5 Å². The Morgan fingerprint density at radius 1 is 1.00 bits per heavy atom. The lowest BCUT2D eigenvalue weighted by molar-refractivity contribution is -0.156. The molecule has 0 aliphatic rings. The number of nitrogens with two attached hydrogens (primary N) is 1. The van der Waals surface area contributed by atoms with Gasteiger partial charge in [-0.25, -0.2) is 4.79 Å². The Hall–Kier alpha value is -0.730. The van der Waals surface area contributed by atoms with Gasteiger partial charge in [-0.1, -0.05) is 0 Å². The van der Waals surface area contributed by atoms with Crippen LogP contribution in [0.4, 0.5) is 0 Å². The van der Waals surface area contributed by atoms with E-state index in [-0.39, 0.29) is 13.2 Å². The molecule has 1 atom stereocenters. The van der Waals surface area contributed by atoms with Gasteiger partial charge in [-0.3, -0.25) is 0 Å². The normalized spacial score (nSPS) is 12.4. The van der Waals surface area contributed by atoms with Crippen molar-refractivity contribution in [1.29, 1.82) is 0 Å². The molecule has 0 heterocycles. The number of carbonyl (C=O) groups excluding carboxylic acids is 1. The van der Waals surface area contributed by atoms with E-state index >= 15 is 0 Å². The zero-order valence-electron chi connectivity index (χ0n) is 11.1. The summed E-state index contributed by atoms with van der Waals surface area (Å²) in [7, 11) is 3.02. The third kappa shape index (κ3) is 9.32. The first kappa shape index (κ1) is 17.3. The highest BCUT2D eigenvalue weighted by Crippen LogP contribution is 1.92. The van der Waals surface area contributed by atoms with E-state index in [2.05, 4.69) is 0 Å². The van der Waals surface area contributed by atoms with Gasteiger partial charge in [-0.2, -0.15) is 0 Å². The van der Waals surface area contributed by atoms with Gasteiger partial charge in [0.25, 0.3) is 0 Å². The maximum atomic E-state index is 11.3. The van der Waals surface area contributed by atoms with Gasteiger partial charge in [0.2, 0.25) is 0 Å². The van der Waals surface area contributed by atoms with Gasteiger partial charge < -0.3 is 29.4 Å². The summed E-state index contributed by atoms with van der Waals surface area (Å²) in [4.78, 5) is 11.3. The second kappa shape index (κ2) is 12.7. The van der Waals surface area contributed by atoms with Crippen molar-refractivity contribution in [3.05, 3.63) is 0 Å². The van der Waals surface area contributed by atoms with Crippen molar-refractivity contribution in [2.24, 2.45) is 5.73 Å². The van der Waals surface area contributed by atoms with Gasteiger partial charge in [-0.15, -0.1) is 0 Å². The van der Waals surface area contributed by atoms with Crippen LogP contribution in [0.1, 0.15) is 0 Å². The van der Waals surface area contributed by atoms with Crippen molar-refractivity contribution in [1.82, 2.24) is 0 Å². The van der Waals surface area contributed by atoms with Crippen molar-refractivity contribution in [2.75, 3.05) is 60.4 Å². The Balaban J connectivity index is 3.27. The second-order valence-corrected chi connectivity index (χ2v) is 3.35. The highest BCUT2D eigenvalue weighted by Gasteiger charge is 2.16. The van der Waals surface area contributed by atoms with Crippen LogP contribution in [-0.4, -0.2) is 72.5 Å². The number of hydrogen-bond acceptors (Lipinski definition) is 7. The van der Waals surface area contributed by atoms with Gasteiger partial charge in [-0.05, 0) is 0 Å². The van der Waals surface area contributed by atoms with Gasteiger partial charge in [0.05, 0.1) is 33.0 Å². The SMILES string of the molecule is COCCOCCOCCOC(=O)C(CN)OC. The molecule has 108 valence electrons. The molecule has 0 amide bonds. The van der Waals surface area contributed by atoms with Gasteiger partial charge in [0.15, 0.2) is 6.10 Å². The molecule has 7 heteroatoms. The Bertz CT molecular complexity index is 198. The van der Waals surface area contributed by atoms with Crippen LogP contribution in [0.3, 0.4) is 0 Å². The van der Waals surface area contributed by atoms with E-state index in [1.165, 1.54) is 7.11 Å². The van der Waals surface area contributed by atoms with Crippen molar-refractivity contribution in [2.45, 2.75) is 6.10 Å². The standard InChI is InChI=1S/C11H23NO6/c1-14-3-4-16-5-6-17-7-8-18-11(13)10(9-12)15-2/h10H,3-9,12H2,1-2H3. The molecule has 0 radical (unpaired) electrons. The maximum absolute atomic E-state index is 11.3. The van der Waals surface area contributed by atoms with Crippen molar-refractivity contribution in [3.8, 4) is 0 Å². The smallest absolute Gasteiger partial charge is 0.336 e. The van der Waals surface area contributed by atoms with Crippen LogP contribution in [0.2, 0.25) is 0 Å². The van der Waals surface area contributed by atoms with E-state index in [4.69, 9.17) is 29.4 Å². The topological polar surface area (TPSA) is 89.2 Å². The molecule has 0 spiro atoms. The van der Waals surface area contributed by atoms with Crippen LogP contribution in [-0.2, 0) is 28.5 Å². The fraction of sp³-hybridized carbons (Fsp3) is 0.909. The van der Waals surface area contributed by atoms with Crippen LogP contribution in [0.5, 0.6) is 0 Å². The lowest BCUT2D eigenvalue weighted by Crippen LogP contribution is -2.33. The van der Waals surface area contributed by atoms with Crippen LogP contribution >= 0.6 is 0 Å². The fourth-order valence-corrected chi connectivity index (χ4v) is 1.05. The molecular formula is C11H23NO6. The molecule has 18 heavy (non-hydrogen) atoms. The third-order valence-corrected chi connectivity index (χ3v) is 2.04. The summed E-state index contributed by atoms with van der Waals surface area (Å²) < 4.78 is 24.9. The van der Waals surface area contributed by atoms with E-state index < -0.39 is 12.1 Å². The summed E-state index contributed by atoms with van der Waals surface area (Å²) in [6, 6.07) is 0. The minimum Gasteiger partial charge on any atom is -0.461 e. The first-order chi connectivity index (χ1) is 8.76. The number of methoxy groups -OCH3 is 2. The van der Waals surface area contributed by atoms with Crippen LogP contribution < -0.4 is 5.73 Å². The zero-order chi connectivity index (χ0) is 13.6. The van der Waals surface area contributed by atoms with Crippen LogP contribution in [0.25, 0.3) is 0 Å². The van der Waals surface area contributed by atoms with E-state index in [0.29, 0.717) is 33.0 Å². The molecule has 0 bridgehead atoms. The molecule has 0 aromatic heterocycles. The van der Waals surface area contributed by atoms with Gasteiger partial charge in [0.1, 0.15) is 6.61 Å². The minimum absolute atomic E-state index is 0.101. The first-order valence-corrected chi connectivity index (χ1v) is 5.80. The fourth-order valence-electron chi connectivity index (χ4n) is 1.05. The third-order valence-electron chi connectivity index (χ3n) is 2.04. The molecule has 0 aliphatic carbocycles. The molecule has 0 aliphatic heterocycles. The largest absolute Gasteiger partial charge is 0.461 e. The second-order valence-electron chi connectivity index (χ2n) is 3.35. The molecule has 0 aromatic carbocycles. The van der Waals surface area contributed by atoms with Gasteiger partial charge in [0, 0.05) is 20.8 Å².